The van der Waals surface area contributed by atoms with Crippen LogP contribution < -0.4 is 11.5 Å². The second kappa shape index (κ2) is 23.1. The second-order valence-electron chi connectivity index (χ2n) is 1.23. The first-order valence-corrected chi connectivity index (χ1v) is 2.26. The number of nitrogens with zero attached hydrogens (tertiary/aromatic N) is 1. The van der Waals surface area contributed by atoms with Gasteiger partial charge in [0.2, 0.25) is 0 Å². The van der Waals surface area contributed by atoms with E-state index in [0.29, 0.717) is 13.1 Å². The van der Waals surface area contributed by atoms with Crippen LogP contribution in [0.15, 0.2) is 4.99 Å². The Morgan fingerprint density at radius 3 is 1.92 bits per heavy atom. The minimum Gasteiger partial charge on any atom is -0.365 e. The molecule has 0 aliphatic rings. The minimum atomic E-state index is -0.529. The summed E-state index contributed by atoms with van der Waals surface area (Å²) < 4.78 is 0. The Morgan fingerprint density at radius 2 is 1.67 bits per heavy atom. The smallest absolute Gasteiger partial charge is 0.259 e. The lowest BCUT2D eigenvalue weighted by atomic mass is 10.6. The van der Waals surface area contributed by atoms with Gasteiger partial charge in [0.1, 0.15) is 0 Å². The number of hydrogen-bond donors (Lipinski definition) is 2. The van der Waals surface area contributed by atoms with E-state index in [1.807, 2.05) is 0 Å². The summed E-state index contributed by atoms with van der Waals surface area (Å²) in [7, 11) is 0. The molecule has 0 fully saturated rings. The van der Waals surface area contributed by atoms with Gasteiger partial charge in [-0.15, -0.1) is 95.9 Å². The lowest BCUT2D eigenvalue weighted by molar-refractivity contribution is -0.111. The molecule has 0 heterocycles. The van der Waals surface area contributed by atoms with Gasteiger partial charge >= 0.3 is 0 Å². The van der Waals surface area contributed by atoms with Gasteiger partial charge in [0.05, 0.1) is 12.8 Å². The molecule has 0 atom stereocenters. The number of carbonyl (C=O) groups is 1. The van der Waals surface area contributed by atoms with E-state index in [1.54, 1.807) is 0 Å². The summed E-state index contributed by atoms with van der Waals surface area (Å²) in [5, 5.41) is 0. The molecule has 12 heavy (non-hydrogen) atoms. The summed E-state index contributed by atoms with van der Waals surface area (Å²) in [5.41, 5.74) is 9.75. The van der Waals surface area contributed by atoms with Gasteiger partial charge in [-0.05, 0) is 0 Å². The van der Waals surface area contributed by atoms with Crippen molar-refractivity contribution in [1.82, 2.24) is 0 Å². The van der Waals surface area contributed by atoms with E-state index in [4.69, 9.17) is 11.5 Å². The second-order valence-corrected chi connectivity index (χ2v) is 1.23. The van der Waals surface area contributed by atoms with Gasteiger partial charge in [0.25, 0.3) is 5.91 Å². The van der Waals surface area contributed by atoms with Crippen molar-refractivity contribution >= 4 is 108 Å². The Balaban J connectivity index is -0.0000000408. The van der Waals surface area contributed by atoms with Crippen LogP contribution in [0.25, 0.3) is 0 Å². The van der Waals surface area contributed by atoms with E-state index in [-0.39, 0.29) is 95.9 Å². The molecule has 0 aromatic heterocycles. The molecule has 0 aromatic rings. The van der Waals surface area contributed by atoms with Gasteiger partial charge in [0, 0.05) is 6.54 Å². The monoisotopic (exact) mass is 627 g/mol. The first kappa shape index (κ1) is 29.2. The van der Waals surface area contributed by atoms with Crippen molar-refractivity contribution < 1.29 is 4.79 Å². The Morgan fingerprint density at radius 1 is 1.25 bits per heavy atom. The number of aliphatic imine (C=N–C) groups is 1. The molecule has 0 bridgehead atoms. The maximum Gasteiger partial charge on any atom is 0.259 e. The SMILES string of the molecule is I.I.I.I.NCCN=CC(N)=O. The molecule has 0 rings (SSSR count). The van der Waals surface area contributed by atoms with Crippen LogP contribution in [-0.4, -0.2) is 25.2 Å². The first-order chi connectivity index (χ1) is 3.77. The highest BCUT2D eigenvalue weighted by molar-refractivity contribution is 14.0. The summed E-state index contributed by atoms with van der Waals surface area (Å²) in [6.07, 6.45) is 1.06. The number of primary amides is 1. The van der Waals surface area contributed by atoms with Crippen LogP contribution in [-0.2, 0) is 4.79 Å². The van der Waals surface area contributed by atoms with Gasteiger partial charge < -0.3 is 11.5 Å². The van der Waals surface area contributed by atoms with Crippen molar-refractivity contribution in [3.05, 3.63) is 0 Å². The standard InChI is InChI=1S/C4H9N3O.4HI/c5-1-2-7-3-4(6)8;;;;/h3H,1-2,5H2,(H2,6,8);4*1H. The van der Waals surface area contributed by atoms with Gasteiger partial charge in [0.15, 0.2) is 0 Å². The minimum absolute atomic E-state index is 0. The zero-order valence-corrected chi connectivity index (χ0v) is 15.5. The van der Waals surface area contributed by atoms with E-state index in [2.05, 4.69) is 4.99 Å². The number of hydrogen-bond acceptors (Lipinski definition) is 3. The van der Waals surface area contributed by atoms with Crippen LogP contribution in [0.3, 0.4) is 0 Å². The molecule has 0 aromatic carbocycles. The normalized spacial score (nSPS) is 6.75. The van der Waals surface area contributed by atoms with E-state index in [1.165, 1.54) is 0 Å². The van der Waals surface area contributed by atoms with Crippen LogP contribution in [0.5, 0.6) is 0 Å². The molecule has 0 aliphatic heterocycles. The van der Waals surface area contributed by atoms with Crippen molar-refractivity contribution in [2.24, 2.45) is 16.5 Å². The number of nitrogens with two attached hydrogens (primary N) is 2. The average Bonchev–Trinajstić information content (AvgIpc) is 1.66. The molecule has 0 unspecified atom stereocenters. The lowest BCUT2D eigenvalue weighted by Crippen LogP contribution is -2.12. The highest BCUT2D eigenvalue weighted by atomic mass is 127. The third kappa shape index (κ3) is 29.6. The van der Waals surface area contributed by atoms with E-state index >= 15 is 0 Å². The van der Waals surface area contributed by atoms with Gasteiger partial charge in [-0.1, -0.05) is 0 Å². The van der Waals surface area contributed by atoms with Crippen molar-refractivity contribution in [2.75, 3.05) is 13.1 Å². The quantitative estimate of drug-likeness (QED) is 0.362. The molecule has 0 aliphatic carbocycles. The molecule has 4 N–H and O–H groups in total. The van der Waals surface area contributed by atoms with Crippen LogP contribution in [0, 0.1) is 0 Å². The summed E-state index contributed by atoms with van der Waals surface area (Å²) in [5.74, 6) is -0.529. The lowest BCUT2D eigenvalue weighted by Gasteiger charge is -1.81. The molecule has 8 heteroatoms. The topological polar surface area (TPSA) is 81.5 Å². The summed E-state index contributed by atoms with van der Waals surface area (Å²) >= 11 is 0. The van der Waals surface area contributed by atoms with Gasteiger partial charge in [-0.2, -0.15) is 0 Å². The largest absolute Gasteiger partial charge is 0.365 e. The fourth-order valence-electron chi connectivity index (χ4n) is 0.229. The molecule has 1 amide bonds. The zero-order valence-electron chi connectivity index (χ0n) is 6.13. The molecule has 4 nitrogen and oxygen atoms in total. The number of carbonyl (C=O) groups excluding carboxylic acids is 1. The van der Waals surface area contributed by atoms with Crippen LogP contribution >= 0.6 is 95.9 Å². The van der Waals surface area contributed by atoms with E-state index in [0.717, 1.165) is 6.21 Å². The summed E-state index contributed by atoms with van der Waals surface area (Å²) in [6.45, 7) is 0.909. The predicted molar refractivity (Wildman–Crippen MR) is 93.3 cm³/mol. The first-order valence-electron chi connectivity index (χ1n) is 2.26. The van der Waals surface area contributed by atoms with Crippen LogP contribution in [0.2, 0.25) is 0 Å². The van der Waals surface area contributed by atoms with Crippen molar-refractivity contribution in [3.8, 4) is 0 Å². The maximum atomic E-state index is 9.91. The van der Waals surface area contributed by atoms with Crippen LogP contribution in [0.4, 0.5) is 0 Å². The molecule has 78 valence electrons. The van der Waals surface area contributed by atoms with E-state index in [9.17, 15) is 4.79 Å². The summed E-state index contributed by atoms with van der Waals surface area (Å²) in [6, 6.07) is 0. The predicted octanol–water partition coefficient (Wildman–Crippen LogP) is 0.973. The average molecular weight is 627 g/mol. The third-order valence-electron chi connectivity index (χ3n) is 0.477. The number of amides is 1. The maximum absolute atomic E-state index is 9.91. The molecular formula is C4H13I4N3O. The van der Waals surface area contributed by atoms with Gasteiger partial charge in [-0.3, -0.25) is 9.79 Å². The molecular weight excluding hydrogens is 614 g/mol. The number of rotatable bonds is 3. The Labute approximate surface area is 140 Å². The fraction of sp³-hybridized carbons (Fsp3) is 0.500. The molecule has 0 saturated carbocycles. The Bertz CT molecular complexity index is 110. The zero-order chi connectivity index (χ0) is 6.41. The number of halogens is 4. The van der Waals surface area contributed by atoms with Crippen molar-refractivity contribution in [3.63, 3.8) is 0 Å². The molecule has 0 spiro atoms. The van der Waals surface area contributed by atoms with E-state index < -0.39 is 5.91 Å². The van der Waals surface area contributed by atoms with Gasteiger partial charge in [-0.25, -0.2) is 0 Å². The highest BCUT2D eigenvalue weighted by Gasteiger charge is 1.79. The fourth-order valence-corrected chi connectivity index (χ4v) is 0.229. The van der Waals surface area contributed by atoms with Crippen molar-refractivity contribution in [2.45, 2.75) is 0 Å². The molecule has 0 saturated heterocycles. The van der Waals surface area contributed by atoms with Crippen molar-refractivity contribution in [1.29, 1.82) is 0 Å². The van der Waals surface area contributed by atoms with Crippen LogP contribution in [0.1, 0.15) is 0 Å². The third-order valence-corrected chi connectivity index (χ3v) is 0.477. The Kier molecular flexibility index (Phi) is 56.3. The summed E-state index contributed by atoms with van der Waals surface area (Å²) in [4.78, 5) is 13.5. The molecule has 0 radical (unpaired) electrons. The highest BCUT2D eigenvalue weighted by Crippen LogP contribution is 1.59. The Hall–Kier alpha value is 2.02.